The lowest BCUT2D eigenvalue weighted by atomic mass is 10.2. The highest BCUT2D eigenvalue weighted by molar-refractivity contribution is 5.39. The Bertz CT molecular complexity index is 264. The SMILES string of the molecule is CCCN(c1ccc(C)cn1)C(C)C. The second-order valence-corrected chi connectivity index (χ2v) is 3.98. The number of pyridine rings is 1. The van der Waals surface area contributed by atoms with Crippen LogP contribution < -0.4 is 4.90 Å². The Morgan fingerprint density at radius 3 is 2.50 bits per heavy atom. The first-order valence-electron chi connectivity index (χ1n) is 5.34. The fourth-order valence-electron chi connectivity index (χ4n) is 1.51. The second-order valence-electron chi connectivity index (χ2n) is 3.98. The number of hydrogen-bond donors (Lipinski definition) is 0. The predicted octanol–water partition coefficient (Wildman–Crippen LogP) is 3.01. The highest BCUT2D eigenvalue weighted by Crippen LogP contribution is 2.14. The summed E-state index contributed by atoms with van der Waals surface area (Å²) in [7, 11) is 0. The standard InChI is InChI=1S/C12H20N2/c1-5-8-14(10(2)3)12-7-6-11(4)9-13-12/h6-7,9-10H,5,8H2,1-4H3. The number of rotatable bonds is 4. The molecule has 0 saturated heterocycles. The quantitative estimate of drug-likeness (QED) is 0.729. The van der Waals surface area contributed by atoms with Gasteiger partial charge in [0.15, 0.2) is 0 Å². The van der Waals surface area contributed by atoms with Crippen LogP contribution in [-0.4, -0.2) is 17.6 Å². The van der Waals surface area contributed by atoms with Gasteiger partial charge in [0.25, 0.3) is 0 Å². The summed E-state index contributed by atoms with van der Waals surface area (Å²) in [6, 6.07) is 4.74. The van der Waals surface area contributed by atoms with Gasteiger partial charge in [-0.05, 0) is 38.8 Å². The van der Waals surface area contributed by atoms with Crippen molar-refractivity contribution in [3.8, 4) is 0 Å². The zero-order valence-electron chi connectivity index (χ0n) is 9.62. The summed E-state index contributed by atoms with van der Waals surface area (Å²) >= 11 is 0. The zero-order chi connectivity index (χ0) is 10.6. The molecule has 1 rings (SSSR count). The van der Waals surface area contributed by atoms with Crippen molar-refractivity contribution in [3.63, 3.8) is 0 Å². The lowest BCUT2D eigenvalue weighted by Gasteiger charge is -2.27. The minimum Gasteiger partial charge on any atom is -0.354 e. The molecule has 0 amide bonds. The average molecular weight is 192 g/mol. The summed E-state index contributed by atoms with van der Waals surface area (Å²) in [5, 5.41) is 0. The van der Waals surface area contributed by atoms with Gasteiger partial charge in [-0.25, -0.2) is 4.98 Å². The zero-order valence-corrected chi connectivity index (χ0v) is 9.62. The molecule has 0 aromatic carbocycles. The van der Waals surface area contributed by atoms with E-state index in [0.29, 0.717) is 6.04 Å². The van der Waals surface area contributed by atoms with Crippen molar-refractivity contribution in [3.05, 3.63) is 23.9 Å². The third-order valence-electron chi connectivity index (χ3n) is 2.28. The molecule has 0 atom stereocenters. The molecule has 0 fully saturated rings. The van der Waals surface area contributed by atoms with E-state index in [4.69, 9.17) is 0 Å². The van der Waals surface area contributed by atoms with Gasteiger partial charge in [0.2, 0.25) is 0 Å². The maximum absolute atomic E-state index is 4.44. The third kappa shape index (κ3) is 2.72. The van der Waals surface area contributed by atoms with E-state index >= 15 is 0 Å². The normalized spacial score (nSPS) is 10.6. The summed E-state index contributed by atoms with van der Waals surface area (Å²) < 4.78 is 0. The van der Waals surface area contributed by atoms with Gasteiger partial charge in [0.05, 0.1) is 0 Å². The van der Waals surface area contributed by atoms with Gasteiger partial charge in [0.1, 0.15) is 5.82 Å². The first-order chi connectivity index (χ1) is 6.65. The minimum absolute atomic E-state index is 0.519. The minimum atomic E-state index is 0.519. The number of nitrogens with zero attached hydrogens (tertiary/aromatic N) is 2. The monoisotopic (exact) mass is 192 g/mol. The van der Waals surface area contributed by atoms with E-state index in [1.54, 1.807) is 0 Å². The highest BCUT2D eigenvalue weighted by Gasteiger charge is 2.09. The Hall–Kier alpha value is -1.05. The van der Waals surface area contributed by atoms with Gasteiger partial charge in [-0.15, -0.1) is 0 Å². The Balaban J connectivity index is 2.82. The van der Waals surface area contributed by atoms with Crippen molar-refractivity contribution >= 4 is 5.82 Å². The summed E-state index contributed by atoms with van der Waals surface area (Å²) in [5.74, 6) is 1.09. The van der Waals surface area contributed by atoms with E-state index in [0.717, 1.165) is 18.8 Å². The van der Waals surface area contributed by atoms with Crippen molar-refractivity contribution in [1.29, 1.82) is 0 Å². The molecule has 78 valence electrons. The molecule has 0 saturated carbocycles. The summed E-state index contributed by atoms with van der Waals surface area (Å²) in [6.07, 6.45) is 3.09. The van der Waals surface area contributed by atoms with Crippen LogP contribution in [0.3, 0.4) is 0 Å². The first kappa shape index (κ1) is 11.0. The van der Waals surface area contributed by atoms with Gasteiger partial charge in [0, 0.05) is 18.8 Å². The summed E-state index contributed by atoms with van der Waals surface area (Å²) in [6.45, 7) is 9.75. The van der Waals surface area contributed by atoms with Crippen molar-refractivity contribution in [2.45, 2.75) is 40.2 Å². The number of aryl methyl sites for hydroxylation is 1. The number of hydrogen-bond acceptors (Lipinski definition) is 2. The molecule has 1 aromatic rings. The highest BCUT2D eigenvalue weighted by atomic mass is 15.2. The molecule has 0 aliphatic carbocycles. The fourth-order valence-corrected chi connectivity index (χ4v) is 1.51. The molecule has 1 heterocycles. The third-order valence-corrected chi connectivity index (χ3v) is 2.28. The molecule has 0 aliphatic rings. The van der Waals surface area contributed by atoms with Gasteiger partial charge < -0.3 is 4.90 Å². The Morgan fingerprint density at radius 2 is 2.07 bits per heavy atom. The van der Waals surface area contributed by atoms with Crippen LogP contribution in [0.15, 0.2) is 18.3 Å². The molecule has 14 heavy (non-hydrogen) atoms. The molecule has 1 aromatic heterocycles. The predicted molar refractivity (Wildman–Crippen MR) is 61.7 cm³/mol. The van der Waals surface area contributed by atoms with Crippen molar-refractivity contribution < 1.29 is 0 Å². The lowest BCUT2D eigenvalue weighted by molar-refractivity contribution is 0.662. The van der Waals surface area contributed by atoms with Gasteiger partial charge in [-0.2, -0.15) is 0 Å². The maximum atomic E-state index is 4.44. The molecule has 0 N–H and O–H groups in total. The topological polar surface area (TPSA) is 16.1 Å². The maximum Gasteiger partial charge on any atom is 0.128 e. The molecule has 0 aliphatic heterocycles. The van der Waals surface area contributed by atoms with E-state index in [1.165, 1.54) is 5.56 Å². The van der Waals surface area contributed by atoms with E-state index < -0.39 is 0 Å². The molecular weight excluding hydrogens is 172 g/mol. The van der Waals surface area contributed by atoms with E-state index in [9.17, 15) is 0 Å². The Morgan fingerprint density at radius 1 is 1.36 bits per heavy atom. The van der Waals surface area contributed by atoms with Gasteiger partial charge in [-0.1, -0.05) is 13.0 Å². The van der Waals surface area contributed by atoms with Crippen LogP contribution in [0.2, 0.25) is 0 Å². The number of aromatic nitrogens is 1. The summed E-state index contributed by atoms with van der Waals surface area (Å²) in [4.78, 5) is 6.78. The molecule has 0 unspecified atom stereocenters. The number of anilines is 1. The Labute approximate surface area is 87.0 Å². The average Bonchev–Trinajstić information content (AvgIpc) is 2.15. The van der Waals surface area contributed by atoms with E-state index in [2.05, 4.69) is 49.7 Å². The van der Waals surface area contributed by atoms with E-state index in [-0.39, 0.29) is 0 Å². The molecule has 2 heteroatoms. The van der Waals surface area contributed by atoms with Crippen LogP contribution in [0.4, 0.5) is 5.82 Å². The van der Waals surface area contributed by atoms with Crippen LogP contribution in [0.1, 0.15) is 32.8 Å². The van der Waals surface area contributed by atoms with Crippen LogP contribution in [0.25, 0.3) is 0 Å². The first-order valence-corrected chi connectivity index (χ1v) is 5.34. The fraction of sp³-hybridized carbons (Fsp3) is 0.583. The molecule has 0 radical (unpaired) electrons. The smallest absolute Gasteiger partial charge is 0.128 e. The van der Waals surface area contributed by atoms with Crippen LogP contribution in [0.5, 0.6) is 0 Å². The summed E-state index contributed by atoms with van der Waals surface area (Å²) in [5.41, 5.74) is 1.22. The van der Waals surface area contributed by atoms with E-state index in [1.807, 2.05) is 6.20 Å². The molecule has 0 bridgehead atoms. The largest absolute Gasteiger partial charge is 0.354 e. The van der Waals surface area contributed by atoms with Gasteiger partial charge >= 0.3 is 0 Å². The van der Waals surface area contributed by atoms with Crippen molar-refractivity contribution in [2.75, 3.05) is 11.4 Å². The van der Waals surface area contributed by atoms with Crippen LogP contribution in [-0.2, 0) is 0 Å². The molecule has 2 nitrogen and oxygen atoms in total. The Kier molecular flexibility index (Phi) is 3.93. The van der Waals surface area contributed by atoms with Crippen LogP contribution >= 0.6 is 0 Å². The lowest BCUT2D eigenvalue weighted by Crippen LogP contribution is -2.32. The second kappa shape index (κ2) is 4.99. The van der Waals surface area contributed by atoms with Gasteiger partial charge in [-0.3, -0.25) is 0 Å². The van der Waals surface area contributed by atoms with Crippen LogP contribution in [0, 0.1) is 6.92 Å². The van der Waals surface area contributed by atoms with Crippen molar-refractivity contribution in [1.82, 2.24) is 4.98 Å². The molecule has 0 spiro atoms. The van der Waals surface area contributed by atoms with Crippen molar-refractivity contribution in [2.24, 2.45) is 0 Å². The molecular formula is C12H20N2.